The SMILES string of the molecule is Nc1nc2c(ncn2[C@@H]2S[C@@H]3COP(O)(=S)O[C@H]4[C@H]5OC[C@]4(COP(=O)(S)O[C@@H]2[C@H]3F)O[C@H]5n2cnc3c(N)ccnc32)c(=O)[nH]1.Nc1nc2c(ncn2[C@@H]2S[C@@H]3COP(O)(=S)O[C@H]4[C@H]5OC[C@]4(COP(O)(=S)O[C@@H]2[C@H]3F)O[C@H]5n2cnc3c(N)ccnc32)c(=O)[nH]1.Nc1nc2c(ncn2[C@@H]2S[C@@H]3COP(O)(=S)O[C@H]4[C@H]5OC[C@]4(COP(O)(=S)O[C@@H]2[C@H]3F)O[C@H]5n2cnc3c(N)ccnc32)c(=O)[nH]1. The normalized spacial score (nSPS) is 39.7. The van der Waals surface area contributed by atoms with E-state index in [1.807, 2.05) is 0 Å². The topological polar surface area (TPSA) is 723 Å². The number of thioether (sulfide) groups is 3. The molecule has 54 nitrogen and oxygen atoms in total. The van der Waals surface area contributed by atoms with E-state index in [2.05, 4.69) is 87.0 Å². The summed E-state index contributed by atoms with van der Waals surface area (Å²) in [7, 11) is 0. The van der Waals surface area contributed by atoms with Crippen molar-refractivity contribution in [1.82, 2.24) is 102 Å². The Morgan fingerprint density at radius 2 is 0.652 bits per heavy atom. The number of nitrogen functional groups attached to an aromatic ring is 6. The maximum Gasteiger partial charge on any atom is 0.386 e. The van der Waals surface area contributed by atoms with Gasteiger partial charge in [0.2, 0.25) is 17.8 Å². The summed E-state index contributed by atoms with van der Waals surface area (Å²) in [5, 5.41) is -6.01. The maximum atomic E-state index is 16.1. The smallest absolute Gasteiger partial charge is 0.386 e. The zero-order chi connectivity index (χ0) is 96.5. The third-order valence-corrected chi connectivity index (χ3v) is 38.2. The number of nitrogens with zero attached hydrogens (tertiary/aromatic N) is 18. The van der Waals surface area contributed by atoms with Gasteiger partial charge in [-0.2, -0.15) is 15.0 Å². The standard InChI is InChI=1S/3C22H24FN9O9P2S3/c3*23-10-9-3-37-42(34,44)41-15-14-19(31-6-27-11-8(24)1-2-26-16(11)31)39-22(15,4-36-14)5-38-43(35,45)40-13(10)20(46-9)32-7-28-12-17(32)29-21(25)30-18(12)33/h3*1-2,6-7,9-10,13-15,19-20H,3-5H2,(H2,24,26)(H,34,44)(H,35,45)(H3,25,29,30,33)/t3*9-,10+,13-,14-,15+,19-,20-,22-,42?,43?/m111/s1. The number of nitrogens with one attached hydrogen (secondary N) is 3. The Labute approximate surface area is 810 Å². The van der Waals surface area contributed by atoms with Crippen LogP contribution in [0.4, 0.5) is 48.1 Å². The largest absolute Gasteiger partial charge is 0.397 e. The second kappa shape index (κ2) is 35.4. The third kappa shape index (κ3) is 17.1. The van der Waals surface area contributed by atoms with Crippen LogP contribution in [0.15, 0.2) is 89.1 Å². The second-order valence-corrected chi connectivity index (χ2v) is 53.8. The second-order valence-electron chi connectivity index (χ2n) is 32.9. The predicted octanol–water partition coefficient (Wildman–Crippen LogP) is 2.62. The molecule has 12 aliphatic rings. The zero-order valence-electron chi connectivity index (χ0n) is 69.2. The van der Waals surface area contributed by atoms with Gasteiger partial charge in [-0.25, -0.2) is 62.6 Å². The minimum absolute atomic E-state index is 0.0392. The molecule has 12 bridgehead atoms. The van der Waals surface area contributed by atoms with E-state index in [0.29, 0.717) is 50.6 Å². The number of rotatable bonds is 6. The van der Waals surface area contributed by atoms with Crippen LogP contribution >= 0.6 is 87.9 Å². The van der Waals surface area contributed by atoms with Crippen molar-refractivity contribution >= 4 is 249 Å². The summed E-state index contributed by atoms with van der Waals surface area (Å²) in [5.74, 6) is -0.560. The van der Waals surface area contributed by atoms with Crippen LogP contribution in [0.2, 0.25) is 0 Å². The molecule has 30 atom stereocenters. The first-order valence-electron chi connectivity index (χ1n) is 40.6. The van der Waals surface area contributed by atoms with Gasteiger partial charge in [0, 0.05) is 18.6 Å². The van der Waals surface area contributed by atoms with Crippen LogP contribution in [-0.4, -0.2) is 292 Å². The lowest BCUT2D eigenvalue weighted by atomic mass is 10.0. The highest BCUT2D eigenvalue weighted by Crippen LogP contribution is 2.67. The van der Waals surface area contributed by atoms with Gasteiger partial charge in [-0.3, -0.25) is 88.4 Å². The van der Waals surface area contributed by atoms with E-state index in [4.69, 9.17) is 176 Å². The lowest BCUT2D eigenvalue weighted by molar-refractivity contribution is -0.183. The summed E-state index contributed by atoms with van der Waals surface area (Å²) in [6.45, 7) is -28.1. The van der Waals surface area contributed by atoms with Crippen LogP contribution in [0.5, 0.6) is 0 Å². The van der Waals surface area contributed by atoms with Gasteiger partial charge in [-0.1, -0.05) is 12.2 Å². The lowest BCUT2D eigenvalue weighted by Gasteiger charge is -2.33. The first-order chi connectivity index (χ1) is 65.5. The number of imidazole rings is 6. The average molecular weight is 2210 g/mol. The van der Waals surface area contributed by atoms with Crippen molar-refractivity contribution in [3.05, 3.63) is 106 Å². The average Bonchev–Trinajstić information content (AvgIpc) is 1.56. The third-order valence-electron chi connectivity index (χ3n) is 24.3. The lowest BCUT2D eigenvalue weighted by Crippen LogP contribution is -2.45. The van der Waals surface area contributed by atoms with Crippen LogP contribution in [0.1, 0.15) is 34.8 Å². The molecule has 0 aliphatic carbocycles. The van der Waals surface area contributed by atoms with Gasteiger partial charge >= 0.3 is 40.4 Å². The molecule has 6 unspecified atom stereocenters. The Kier molecular flexibility index (Phi) is 24.7. The number of aromatic nitrogens is 21. The Bertz CT molecular complexity index is 6780. The van der Waals surface area contributed by atoms with Crippen molar-refractivity contribution < 1.29 is 125 Å². The molecule has 138 heavy (non-hydrogen) atoms. The van der Waals surface area contributed by atoms with Gasteiger partial charge in [0.25, 0.3) is 16.7 Å². The van der Waals surface area contributed by atoms with E-state index in [1.165, 1.54) is 70.3 Å². The molecule has 0 amide bonds. The molecule has 0 spiro atoms. The van der Waals surface area contributed by atoms with E-state index in [1.54, 1.807) is 31.9 Å². The van der Waals surface area contributed by atoms with Gasteiger partial charge in [0.1, 0.15) is 123 Å². The molecule has 0 aromatic carbocycles. The molecule has 0 saturated carbocycles. The van der Waals surface area contributed by atoms with E-state index >= 15 is 13.2 Å². The van der Waals surface area contributed by atoms with E-state index in [0.717, 1.165) is 35.3 Å². The molecule has 72 heteroatoms. The molecular formula is C66H72F3N27O27P6S9. The fraction of sp³-hybridized carbons (Fsp3) is 0.500. The number of hydrogen-bond acceptors (Lipinski definition) is 48. The molecule has 24 heterocycles. The summed E-state index contributed by atoms with van der Waals surface area (Å²) in [4.78, 5) is 151. The number of thiol groups is 1. The number of pyridine rings is 3. The highest BCUT2D eigenvalue weighted by molar-refractivity contribution is 8.44. The molecule has 20 N–H and O–H groups in total. The van der Waals surface area contributed by atoms with E-state index < -0.39 is 238 Å². The van der Waals surface area contributed by atoms with Crippen molar-refractivity contribution in [2.45, 2.75) is 141 Å². The fourth-order valence-corrected chi connectivity index (χ4v) is 31.8. The summed E-state index contributed by atoms with van der Waals surface area (Å²) < 4.78 is 178. The molecule has 0 radical (unpaired) electrons. The predicted molar refractivity (Wildman–Crippen MR) is 501 cm³/mol. The number of nitrogens with two attached hydrogens (primary N) is 6. The Morgan fingerprint density at radius 1 is 0.377 bits per heavy atom. The molecule has 24 rings (SSSR count). The van der Waals surface area contributed by atoms with Gasteiger partial charge in [0.15, 0.2) is 69.1 Å². The summed E-state index contributed by atoms with van der Waals surface area (Å²) in [6, 6.07) is 4.82. The van der Waals surface area contributed by atoms with Crippen molar-refractivity contribution in [3.8, 4) is 0 Å². The maximum absolute atomic E-state index is 16.1. The number of fused-ring (bicyclic) bond motifs is 12. The summed E-state index contributed by atoms with van der Waals surface area (Å²) >= 11 is 34.0. The van der Waals surface area contributed by atoms with Crippen molar-refractivity contribution in [3.63, 3.8) is 0 Å². The Balaban J connectivity index is 0.000000119. The molecular weight excluding hydrogens is 2130 g/mol. The minimum atomic E-state index is -4.36. The summed E-state index contributed by atoms with van der Waals surface area (Å²) in [6.07, 6.45) is -5.66. The van der Waals surface area contributed by atoms with Crippen LogP contribution in [0, 0.1) is 0 Å². The number of ether oxygens (including phenoxy) is 6. The molecule has 12 aromatic rings. The number of halogens is 3. The van der Waals surface area contributed by atoms with Crippen molar-refractivity contribution in [2.24, 2.45) is 0 Å². The van der Waals surface area contributed by atoms with Crippen LogP contribution in [-0.2, 0) is 146 Å². The monoisotopic (exact) mass is 2210 g/mol. The molecule has 12 saturated heterocycles. The number of aromatic amines is 3. The number of anilines is 6. The minimum Gasteiger partial charge on any atom is -0.397 e. The quantitative estimate of drug-likeness (QED) is 0.0840. The highest BCUT2D eigenvalue weighted by atomic mass is 32.7. The van der Waals surface area contributed by atoms with Gasteiger partial charge in [0.05, 0.1) is 130 Å². The van der Waals surface area contributed by atoms with Gasteiger partial charge in [-0.05, 0) is 77.2 Å². The van der Waals surface area contributed by atoms with Crippen molar-refractivity contribution in [1.29, 1.82) is 0 Å². The van der Waals surface area contributed by atoms with Crippen molar-refractivity contribution in [2.75, 3.05) is 93.9 Å². The molecule has 12 aliphatic heterocycles. The first-order valence-corrected chi connectivity index (χ1v) is 59.1. The fourth-order valence-electron chi connectivity index (χ4n) is 18.1. The Hall–Kier alpha value is -6.54. The van der Waals surface area contributed by atoms with Gasteiger partial charge in [-0.15, -0.1) is 35.3 Å². The van der Waals surface area contributed by atoms with Crippen LogP contribution in [0.25, 0.3) is 67.0 Å². The van der Waals surface area contributed by atoms with Crippen LogP contribution < -0.4 is 51.1 Å². The molecule has 12 aromatic heterocycles. The summed E-state index contributed by atoms with van der Waals surface area (Å²) in [5.41, 5.74) is 32.9. The number of alkyl halides is 3. The van der Waals surface area contributed by atoms with E-state index in [-0.39, 0.29) is 71.2 Å². The number of H-pyrrole nitrogens is 3. The van der Waals surface area contributed by atoms with Gasteiger partial charge < -0.3 is 110 Å². The molecule has 738 valence electrons. The van der Waals surface area contributed by atoms with Crippen LogP contribution in [0.3, 0.4) is 0 Å². The Morgan fingerprint density at radius 3 is 0.964 bits per heavy atom. The zero-order valence-corrected chi connectivity index (χ0v) is 82.0. The molecule has 12 fully saturated rings. The highest BCUT2D eigenvalue weighted by Gasteiger charge is 2.70. The number of hydrogen-bond donors (Lipinski definition) is 15. The first kappa shape index (κ1) is 96.3. The van der Waals surface area contributed by atoms with E-state index in [9.17, 15) is 43.4 Å².